The number of halogens is 1. The van der Waals surface area contributed by atoms with E-state index in [1.54, 1.807) is 38.5 Å². The lowest BCUT2D eigenvalue weighted by Crippen LogP contribution is -2.24. The van der Waals surface area contributed by atoms with Crippen molar-refractivity contribution in [2.45, 2.75) is 13.0 Å². The minimum absolute atomic E-state index is 0.105. The molecule has 0 bridgehead atoms. The van der Waals surface area contributed by atoms with E-state index in [1.807, 2.05) is 18.2 Å². The van der Waals surface area contributed by atoms with E-state index in [9.17, 15) is 4.79 Å². The number of amides is 1. The number of nitrogens with one attached hydrogen (secondary N) is 1. The third-order valence-corrected chi connectivity index (χ3v) is 3.64. The quantitative estimate of drug-likeness (QED) is 0.889. The molecule has 2 aromatic carbocycles. The largest absolute Gasteiger partial charge is 0.497 e. The van der Waals surface area contributed by atoms with Crippen molar-refractivity contribution in [3.8, 4) is 11.5 Å². The van der Waals surface area contributed by atoms with Crippen LogP contribution in [0, 0.1) is 0 Å². The molecule has 116 valence electrons. The van der Waals surface area contributed by atoms with Gasteiger partial charge in [-0.15, -0.1) is 0 Å². The highest BCUT2D eigenvalue weighted by Gasteiger charge is 2.10. The highest BCUT2D eigenvalue weighted by Crippen LogP contribution is 2.24. The molecular formula is C17H18ClNO3. The molecule has 0 fully saturated rings. The molecule has 0 heterocycles. The average Bonchev–Trinajstić information content (AvgIpc) is 2.54. The normalized spacial score (nSPS) is 10.1. The lowest BCUT2D eigenvalue weighted by Gasteiger charge is -2.11. The first-order valence-corrected chi connectivity index (χ1v) is 7.23. The molecule has 0 unspecified atom stereocenters. The van der Waals surface area contributed by atoms with Crippen molar-refractivity contribution in [1.82, 2.24) is 5.32 Å². The van der Waals surface area contributed by atoms with E-state index in [2.05, 4.69) is 5.32 Å². The summed E-state index contributed by atoms with van der Waals surface area (Å²) in [6, 6.07) is 12.8. The fourth-order valence-electron chi connectivity index (χ4n) is 2.09. The first kappa shape index (κ1) is 16.2. The summed E-state index contributed by atoms with van der Waals surface area (Å²) in [6.45, 7) is 0.394. The van der Waals surface area contributed by atoms with Gasteiger partial charge in [0.1, 0.15) is 11.5 Å². The van der Waals surface area contributed by atoms with Gasteiger partial charge in [-0.05, 0) is 29.8 Å². The number of rotatable bonds is 6. The Balaban J connectivity index is 2.01. The minimum atomic E-state index is -0.105. The Bertz CT molecular complexity index is 658. The number of ether oxygens (including phenoxy) is 2. The van der Waals surface area contributed by atoms with Gasteiger partial charge < -0.3 is 14.8 Å². The second-order valence-corrected chi connectivity index (χ2v) is 5.13. The number of carbonyl (C=O) groups excluding carboxylic acids is 1. The summed E-state index contributed by atoms with van der Waals surface area (Å²) in [7, 11) is 3.16. The van der Waals surface area contributed by atoms with Crippen LogP contribution in [0.15, 0.2) is 42.5 Å². The molecular weight excluding hydrogens is 302 g/mol. The van der Waals surface area contributed by atoms with Crippen LogP contribution in [0.2, 0.25) is 5.02 Å². The highest BCUT2D eigenvalue weighted by molar-refractivity contribution is 6.31. The van der Waals surface area contributed by atoms with E-state index in [1.165, 1.54) is 0 Å². The Morgan fingerprint density at radius 3 is 2.55 bits per heavy atom. The summed E-state index contributed by atoms with van der Waals surface area (Å²) < 4.78 is 10.4. The molecule has 0 spiro atoms. The SMILES string of the molecule is COc1ccc(OC)c(CC(=O)NCc2ccccc2Cl)c1. The number of hydrogen-bond acceptors (Lipinski definition) is 3. The van der Waals surface area contributed by atoms with Crippen LogP contribution < -0.4 is 14.8 Å². The van der Waals surface area contributed by atoms with Crippen LogP contribution >= 0.6 is 11.6 Å². The molecule has 2 aromatic rings. The fourth-order valence-corrected chi connectivity index (χ4v) is 2.29. The molecule has 4 nitrogen and oxygen atoms in total. The molecule has 0 aromatic heterocycles. The van der Waals surface area contributed by atoms with E-state index >= 15 is 0 Å². The minimum Gasteiger partial charge on any atom is -0.497 e. The standard InChI is InChI=1S/C17H18ClNO3/c1-21-14-7-8-16(22-2)13(9-14)10-17(20)19-11-12-5-3-4-6-15(12)18/h3-9H,10-11H2,1-2H3,(H,19,20). The zero-order valence-corrected chi connectivity index (χ0v) is 13.3. The van der Waals surface area contributed by atoms with Crippen molar-refractivity contribution in [3.05, 3.63) is 58.6 Å². The molecule has 0 saturated carbocycles. The van der Waals surface area contributed by atoms with E-state index in [4.69, 9.17) is 21.1 Å². The third-order valence-electron chi connectivity index (χ3n) is 3.27. The first-order valence-electron chi connectivity index (χ1n) is 6.85. The van der Waals surface area contributed by atoms with Gasteiger partial charge >= 0.3 is 0 Å². The number of benzene rings is 2. The van der Waals surface area contributed by atoms with Gasteiger partial charge in [0.05, 0.1) is 20.6 Å². The molecule has 22 heavy (non-hydrogen) atoms. The Hall–Kier alpha value is -2.20. The Morgan fingerprint density at radius 1 is 1.09 bits per heavy atom. The molecule has 0 radical (unpaired) electrons. The molecule has 0 aliphatic rings. The van der Waals surface area contributed by atoms with E-state index in [-0.39, 0.29) is 12.3 Å². The molecule has 1 amide bonds. The van der Waals surface area contributed by atoms with Crippen LogP contribution in [-0.4, -0.2) is 20.1 Å². The molecule has 0 aliphatic heterocycles. The summed E-state index contributed by atoms with van der Waals surface area (Å²) in [5, 5.41) is 3.50. The van der Waals surface area contributed by atoms with Gasteiger partial charge in [-0.3, -0.25) is 4.79 Å². The zero-order chi connectivity index (χ0) is 15.9. The molecule has 2 rings (SSSR count). The van der Waals surface area contributed by atoms with Crippen LogP contribution in [0.1, 0.15) is 11.1 Å². The van der Waals surface area contributed by atoms with Crippen molar-refractivity contribution in [3.63, 3.8) is 0 Å². The smallest absolute Gasteiger partial charge is 0.224 e. The van der Waals surface area contributed by atoms with Crippen molar-refractivity contribution < 1.29 is 14.3 Å². The van der Waals surface area contributed by atoms with Crippen LogP contribution in [0.3, 0.4) is 0 Å². The molecule has 5 heteroatoms. The van der Waals surface area contributed by atoms with E-state index in [0.29, 0.717) is 23.1 Å². The van der Waals surface area contributed by atoms with Crippen LogP contribution in [-0.2, 0) is 17.8 Å². The monoisotopic (exact) mass is 319 g/mol. The zero-order valence-electron chi connectivity index (χ0n) is 12.6. The highest BCUT2D eigenvalue weighted by atomic mass is 35.5. The second kappa shape index (κ2) is 7.71. The maximum atomic E-state index is 12.1. The Labute approximate surface area is 135 Å². The Morgan fingerprint density at radius 2 is 1.86 bits per heavy atom. The number of hydrogen-bond donors (Lipinski definition) is 1. The van der Waals surface area contributed by atoms with Gasteiger partial charge in [-0.2, -0.15) is 0 Å². The molecule has 0 saturated heterocycles. The van der Waals surface area contributed by atoms with Crippen LogP contribution in [0.4, 0.5) is 0 Å². The summed E-state index contributed by atoms with van der Waals surface area (Å²) >= 11 is 6.07. The maximum absolute atomic E-state index is 12.1. The van der Waals surface area contributed by atoms with Crippen molar-refractivity contribution >= 4 is 17.5 Å². The molecule has 0 aliphatic carbocycles. The summed E-state index contributed by atoms with van der Waals surface area (Å²) in [5.41, 5.74) is 1.66. The topological polar surface area (TPSA) is 47.6 Å². The predicted octanol–water partition coefficient (Wildman–Crippen LogP) is 3.22. The third kappa shape index (κ3) is 4.15. The number of carbonyl (C=O) groups is 1. The lowest BCUT2D eigenvalue weighted by molar-refractivity contribution is -0.120. The summed E-state index contributed by atoms with van der Waals surface area (Å²) in [4.78, 5) is 12.1. The fraction of sp³-hybridized carbons (Fsp3) is 0.235. The molecule has 1 N–H and O–H groups in total. The first-order chi connectivity index (χ1) is 10.6. The summed E-state index contributed by atoms with van der Waals surface area (Å²) in [6.07, 6.45) is 0.213. The van der Waals surface area contributed by atoms with Crippen LogP contribution in [0.5, 0.6) is 11.5 Å². The summed E-state index contributed by atoms with van der Waals surface area (Å²) in [5.74, 6) is 1.25. The Kier molecular flexibility index (Phi) is 5.67. The second-order valence-electron chi connectivity index (χ2n) is 4.72. The van der Waals surface area contributed by atoms with Gasteiger partial charge in [-0.1, -0.05) is 29.8 Å². The van der Waals surface area contributed by atoms with Gasteiger partial charge in [0.2, 0.25) is 5.91 Å². The molecule has 0 atom stereocenters. The van der Waals surface area contributed by atoms with Gasteiger partial charge in [0.25, 0.3) is 0 Å². The van der Waals surface area contributed by atoms with Gasteiger partial charge in [-0.25, -0.2) is 0 Å². The van der Waals surface area contributed by atoms with Crippen molar-refractivity contribution in [2.24, 2.45) is 0 Å². The van der Waals surface area contributed by atoms with Crippen molar-refractivity contribution in [1.29, 1.82) is 0 Å². The van der Waals surface area contributed by atoms with Gasteiger partial charge in [0.15, 0.2) is 0 Å². The van der Waals surface area contributed by atoms with E-state index < -0.39 is 0 Å². The average molecular weight is 320 g/mol. The van der Waals surface area contributed by atoms with E-state index in [0.717, 1.165) is 11.1 Å². The van der Waals surface area contributed by atoms with Crippen molar-refractivity contribution in [2.75, 3.05) is 14.2 Å². The van der Waals surface area contributed by atoms with Gasteiger partial charge in [0, 0.05) is 17.1 Å². The van der Waals surface area contributed by atoms with Crippen LogP contribution in [0.25, 0.3) is 0 Å². The lowest BCUT2D eigenvalue weighted by atomic mass is 10.1. The number of methoxy groups -OCH3 is 2. The predicted molar refractivity (Wildman–Crippen MR) is 86.5 cm³/mol. The maximum Gasteiger partial charge on any atom is 0.224 e.